The summed E-state index contributed by atoms with van der Waals surface area (Å²) in [4.78, 5) is 11.9. The van der Waals surface area contributed by atoms with Gasteiger partial charge in [-0.1, -0.05) is 0 Å². The maximum atomic E-state index is 11.9. The molecule has 0 atom stereocenters. The van der Waals surface area contributed by atoms with Crippen LogP contribution < -0.4 is 19.6 Å². The summed E-state index contributed by atoms with van der Waals surface area (Å²) in [5.41, 5.74) is 0.614. The van der Waals surface area contributed by atoms with Crippen LogP contribution in [0, 0.1) is 0 Å². The molecule has 5 heteroatoms. The van der Waals surface area contributed by atoms with Gasteiger partial charge in [-0.2, -0.15) is 5.10 Å². The zero-order chi connectivity index (χ0) is 12.4. The molecule has 0 aliphatic carbocycles. The molecule has 0 fully saturated rings. The number of benzene rings is 1. The molecule has 0 aliphatic heterocycles. The Balaban J connectivity index is 2.86. The van der Waals surface area contributed by atoms with Gasteiger partial charge >= 0.3 is 0 Å². The number of ether oxygens (including phenoxy) is 2. The highest BCUT2D eigenvalue weighted by atomic mass is 16.5. The number of nitrogens with one attached hydrogen (secondary N) is 1. The molecular weight excluding hydrogens is 220 g/mol. The fraction of sp³-hybridized carbons (Fsp3) is 0.333. The van der Waals surface area contributed by atoms with Crippen molar-refractivity contribution in [3.05, 3.63) is 28.6 Å². The summed E-state index contributed by atoms with van der Waals surface area (Å²) in [7, 11) is 3.12. The highest BCUT2D eigenvalue weighted by Gasteiger charge is 2.15. The molecule has 0 saturated carbocycles. The van der Waals surface area contributed by atoms with Crippen LogP contribution in [0.25, 0.3) is 10.9 Å². The third-order valence-corrected chi connectivity index (χ3v) is 2.68. The number of H-pyrrole nitrogens is 1. The van der Waals surface area contributed by atoms with Crippen molar-refractivity contribution in [2.45, 2.75) is 13.5 Å². The standard InChI is InChI=1S/C12H14N2O3/c1-4-14-7-9(15)8-5-6-10(16-2)12(17-3)11(8)13-14/h5-7H,4H2,1-3H3/p+1. The highest BCUT2D eigenvalue weighted by Crippen LogP contribution is 2.31. The first-order chi connectivity index (χ1) is 8.21. The first-order valence-electron chi connectivity index (χ1n) is 5.38. The quantitative estimate of drug-likeness (QED) is 0.802. The lowest BCUT2D eigenvalue weighted by Gasteiger charge is -2.08. The monoisotopic (exact) mass is 235 g/mol. The first-order valence-corrected chi connectivity index (χ1v) is 5.38. The van der Waals surface area contributed by atoms with Crippen molar-refractivity contribution in [2.24, 2.45) is 0 Å². The number of fused-ring (bicyclic) bond motifs is 1. The molecule has 0 aliphatic rings. The highest BCUT2D eigenvalue weighted by molar-refractivity contribution is 5.86. The van der Waals surface area contributed by atoms with Gasteiger partial charge in [-0.15, -0.1) is 4.68 Å². The van der Waals surface area contributed by atoms with Crippen LogP contribution >= 0.6 is 0 Å². The predicted molar refractivity (Wildman–Crippen MR) is 63.5 cm³/mol. The van der Waals surface area contributed by atoms with E-state index < -0.39 is 0 Å². The summed E-state index contributed by atoms with van der Waals surface area (Å²) in [5.74, 6) is 1.15. The minimum Gasteiger partial charge on any atom is -0.493 e. The summed E-state index contributed by atoms with van der Waals surface area (Å²) < 4.78 is 12.2. The number of hydrogen-bond acceptors (Lipinski definition) is 3. The molecule has 0 bridgehead atoms. The van der Waals surface area contributed by atoms with E-state index in [1.807, 2.05) is 6.92 Å². The minimum atomic E-state index is -0.0402. The Labute approximate surface area is 98.6 Å². The van der Waals surface area contributed by atoms with Crippen molar-refractivity contribution in [1.29, 1.82) is 0 Å². The van der Waals surface area contributed by atoms with E-state index in [-0.39, 0.29) is 5.43 Å². The maximum Gasteiger partial charge on any atom is 0.253 e. The largest absolute Gasteiger partial charge is 0.493 e. The molecule has 17 heavy (non-hydrogen) atoms. The second-order valence-electron chi connectivity index (χ2n) is 3.61. The summed E-state index contributed by atoms with van der Waals surface area (Å²) in [6.07, 6.45) is 1.54. The maximum absolute atomic E-state index is 11.9. The van der Waals surface area contributed by atoms with E-state index in [9.17, 15) is 4.79 Å². The van der Waals surface area contributed by atoms with Crippen LogP contribution in [0.4, 0.5) is 0 Å². The molecule has 1 aromatic carbocycles. The van der Waals surface area contributed by atoms with Gasteiger partial charge in [0.1, 0.15) is 0 Å². The molecule has 1 aromatic heterocycles. The lowest BCUT2D eigenvalue weighted by atomic mass is 10.2. The van der Waals surface area contributed by atoms with E-state index >= 15 is 0 Å². The third-order valence-electron chi connectivity index (χ3n) is 2.68. The number of nitrogens with zero attached hydrogens (tertiary/aromatic N) is 1. The van der Waals surface area contributed by atoms with Gasteiger partial charge in [0.05, 0.1) is 19.6 Å². The first kappa shape index (κ1) is 11.4. The number of aryl methyl sites for hydroxylation is 1. The van der Waals surface area contributed by atoms with Gasteiger partial charge in [0.25, 0.3) is 5.43 Å². The van der Waals surface area contributed by atoms with Crippen LogP contribution in [-0.2, 0) is 6.54 Å². The Morgan fingerprint density at radius 3 is 2.65 bits per heavy atom. The summed E-state index contributed by atoms with van der Waals surface area (Å²) in [6.45, 7) is 2.64. The molecule has 0 spiro atoms. The fourth-order valence-electron chi connectivity index (χ4n) is 1.80. The van der Waals surface area contributed by atoms with E-state index in [1.165, 1.54) is 6.20 Å². The van der Waals surface area contributed by atoms with Crippen LogP contribution in [0.2, 0.25) is 0 Å². The molecule has 0 unspecified atom stereocenters. The Morgan fingerprint density at radius 2 is 2.06 bits per heavy atom. The molecule has 0 saturated heterocycles. The van der Waals surface area contributed by atoms with Crippen molar-refractivity contribution in [2.75, 3.05) is 14.2 Å². The number of hydrogen-bond donors (Lipinski definition) is 1. The van der Waals surface area contributed by atoms with Crippen LogP contribution in [0.1, 0.15) is 6.92 Å². The lowest BCUT2D eigenvalue weighted by Crippen LogP contribution is -2.40. The van der Waals surface area contributed by atoms with Crippen molar-refractivity contribution in [3.8, 4) is 11.5 Å². The molecule has 0 amide bonds. The van der Waals surface area contributed by atoms with Crippen molar-refractivity contribution < 1.29 is 14.2 Å². The number of aromatic amines is 1. The van der Waals surface area contributed by atoms with Gasteiger partial charge in [0, 0.05) is 0 Å². The topological polar surface area (TPSA) is 55.2 Å². The van der Waals surface area contributed by atoms with Gasteiger partial charge in [-0.25, -0.2) is 0 Å². The summed E-state index contributed by atoms with van der Waals surface area (Å²) in [5, 5.41) is 3.71. The van der Waals surface area contributed by atoms with Crippen LogP contribution in [0.3, 0.4) is 0 Å². The number of rotatable bonds is 3. The van der Waals surface area contributed by atoms with E-state index in [4.69, 9.17) is 9.47 Å². The second kappa shape index (κ2) is 4.45. The Kier molecular flexibility index (Phi) is 2.99. The minimum absolute atomic E-state index is 0.0402. The van der Waals surface area contributed by atoms with Gasteiger partial charge < -0.3 is 9.47 Å². The zero-order valence-corrected chi connectivity index (χ0v) is 10.1. The average Bonchev–Trinajstić information content (AvgIpc) is 2.36. The Hall–Kier alpha value is -2.04. The molecule has 90 valence electrons. The second-order valence-corrected chi connectivity index (χ2v) is 3.61. The molecular formula is C12H15N2O3+. The van der Waals surface area contributed by atoms with Gasteiger partial charge in [0.15, 0.2) is 23.6 Å². The summed E-state index contributed by atoms with van der Waals surface area (Å²) in [6, 6.07) is 3.46. The van der Waals surface area contributed by atoms with Crippen LogP contribution in [0.15, 0.2) is 23.1 Å². The SMILES string of the molecule is CC[n+]1cc(=O)c2ccc(OC)c(OC)c2[nH]1. The molecule has 2 rings (SSSR count). The van der Waals surface area contributed by atoms with E-state index in [0.717, 1.165) is 0 Å². The molecule has 1 heterocycles. The van der Waals surface area contributed by atoms with E-state index in [2.05, 4.69) is 5.10 Å². The average molecular weight is 235 g/mol. The zero-order valence-electron chi connectivity index (χ0n) is 10.1. The van der Waals surface area contributed by atoms with Crippen molar-refractivity contribution in [1.82, 2.24) is 5.10 Å². The van der Waals surface area contributed by atoms with Gasteiger partial charge in [0.2, 0.25) is 6.20 Å². The van der Waals surface area contributed by atoms with E-state index in [0.29, 0.717) is 28.9 Å². The lowest BCUT2D eigenvalue weighted by molar-refractivity contribution is -0.749. The molecule has 0 radical (unpaired) electrons. The van der Waals surface area contributed by atoms with Gasteiger partial charge in [-0.05, 0) is 19.1 Å². The predicted octanol–water partition coefficient (Wildman–Crippen LogP) is 0.853. The molecule has 5 nitrogen and oxygen atoms in total. The number of methoxy groups -OCH3 is 2. The smallest absolute Gasteiger partial charge is 0.253 e. The van der Waals surface area contributed by atoms with E-state index in [1.54, 1.807) is 31.0 Å². The Morgan fingerprint density at radius 1 is 1.29 bits per heavy atom. The summed E-state index contributed by atoms with van der Waals surface area (Å²) >= 11 is 0. The normalized spacial score (nSPS) is 10.5. The molecule has 2 aromatic rings. The third kappa shape index (κ3) is 1.84. The molecule has 1 N–H and O–H groups in total. The van der Waals surface area contributed by atoms with Crippen molar-refractivity contribution >= 4 is 10.9 Å². The van der Waals surface area contributed by atoms with Crippen LogP contribution in [0.5, 0.6) is 11.5 Å². The van der Waals surface area contributed by atoms with Crippen molar-refractivity contribution in [3.63, 3.8) is 0 Å². The number of aromatic nitrogens is 2. The fourth-order valence-corrected chi connectivity index (χ4v) is 1.80. The van der Waals surface area contributed by atoms with Crippen LogP contribution in [-0.4, -0.2) is 19.3 Å². The Bertz CT molecular complexity index is 604. The van der Waals surface area contributed by atoms with Gasteiger partial charge in [-0.3, -0.25) is 4.79 Å².